The second-order valence-corrected chi connectivity index (χ2v) is 5.02. The highest BCUT2D eigenvalue weighted by molar-refractivity contribution is 5.76. The number of carbonyl (C=O) groups is 1. The third-order valence-electron chi connectivity index (χ3n) is 3.88. The zero-order valence-corrected chi connectivity index (χ0v) is 11.4. The molecule has 2 aromatic heterocycles. The molecule has 0 radical (unpaired) electrons. The highest BCUT2D eigenvalue weighted by Gasteiger charge is 2.25. The highest BCUT2D eigenvalue weighted by Crippen LogP contribution is 2.24. The van der Waals surface area contributed by atoms with Crippen molar-refractivity contribution in [2.24, 2.45) is 0 Å². The fourth-order valence-electron chi connectivity index (χ4n) is 2.83. The number of nitrogens with one attached hydrogen (secondary N) is 1. The molecule has 3 rings (SSSR count). The van der Waals surface area contributed by atoms with E-state index < -0.39 is 0 Å². The van der Waals surface area contributed by atoms with Crippen molar-refractivity contribution in [1.29, 1.82) is 0 Å². The van der Waals surface area contributed by atoms with E-state index in [1.165, 1.54) is 6.33 Å². The molecule has 0 atom stereocenters. The van der Waals surface area contributed by atoms with Gasteiger partial charge in [0.2, 0.25) is 5.91 Å². The molecule has 1 aliphatic rings. The van der Waals surface area contributed by atoms with E-state index in [1.807, 2.05) is 11.8 Å². The Hall–Kier alpha value is -2.18. The van der Waals surface area contributed by atoms with Gasteiger partial charge in [0, 0.05) is 25.6 Å². The molecular weight excluding hydrogens is 258 g/mol. The fourth-order valence-corrected chi connectivity index (χ4v) is 2.83. The number of imidazole rings is 1. The summed E-state index contributed by atoms with van der Waals surface area (Å²) in [6, 6.07) is 0.100. The summed E-state index contributed by atoms with van der Waals surface area (Å²) in [6.45, 7) is 3.27. The van der Waals surface area contributed by atoms with E-state index in [1.54, 1.807) is 10.8 Å². The van der Waals surface area contributed by atoms with Gasteiger partial charge in [-0.25, -0.2) is 14.8 Å². The first-order chi connectivity index (χ1) is 9.70. The topological polar surface area (TPSA) is 83.9 Å². The molecule has 0 aliphatic carbocycles. The summed E-state index contributed by atoms with van der Waals surface area (Å²) in [6.07, 6.45) is 5.18. The van der Waals surface area contributed by atoms with E-state index in [-0.39, 0.29) is 17.6 Å². The quantitative estimate of drug-likeness (QED) is 0.874. The van der Waals surface area contributed by atoms with Gasteiger partial charge in [0.05, 0.1) is 6.20 Å². The lowest BCUT2D eigenvalue weighted by atomic mass is 10.0. The van der Waals surface area contributed by atoms with E-state index in [0.717, 1.165) is 18.4 Å². The van der Waals surface area contributed by atoms with Gasteiger partial charge in [0.15, 0.2) is 5.65 Å². The Morgan fingerprint density at radius 2 is 2.20 bits per heavy atom. The third-order valence-corrected chi connectivity index (χ3v) is 3.88. The summed E-state index contributed by atoms with van der Waals surface area (Å²) in [7, 11) is 0. The van der Waals surface area contributed by atoms with Crippen molar-refractivity contribution in [3.8, 4) is 0 Å². The van der Waals surface area contributed by atoms with Gasteiger partial charge in [-0.05, 0) is 12.8 Å². The van der Waals surface area contributed by atoms with Crippen molar-refractivity contribution in [1.82, 2.24) is 24.4 Å². The maximum atomic E-state index is 12.1. The SMILES string of the molecule is CCC(=O)N1CCC(n2c(=O)[nH]c3ncncc32)CC1. The molecular formula is C13H17N5O2. The lowest BCUT2D eigenvalue weighted by Gasteiger charge is -2.32. The predicted octanol–water partition coefficient (Wildman–Crippen LogP) is 0.693. The number of piperidine rings is 1. The van der Waals surface area contributed by atoms with Crippen LogP contribution in [0.15, 0.2) is 17.3 Å². The fraction of sp³-hybridized carbons (Fsp3) is 0.538. The summed E-state index contributed by atoms with van der Waals surface area (Å²) >= 11 is 0. The molecule has 2 aromatic rings. The van der Waals surface area contributed by atoms with Crippen LogP contribution in [0.5, 0.6) is 0 Å². The van der Waals surface area contributed by atoms with Crippen LogP contribution in [0, 0.1) is 0 Å². The van der Waals surface area contributed by atoms with Crippen LogP contribution < -0.4 is 5.69 Å². The second-order valence-electron chi connectivity index (χ2n) is 5.02. The summed E-state index contributed by atoms with van der Waals surface area (Å²) < 4.78 is 1.73. The molecule has 0 bridgehead atoms. The monoisotopic (exact) mass is 275 g/mol. The number of aromatic amines is 1. The van der Waals surface area contributed by atoms with Gasteiger partial charge in [-0.2, -0.15) is 0 Å². The largest absolute Gasteiger partial charge is 0.343 e. The van der Waals surface area contributed by atoms with Crippen LogP contribution in [0.2, 0.25) is 0 Å². The molecule has 0 unspecified atom stereocenters. The average molecular weight is 275 g/mol. The summed E-state index contributed by atoms with van der Waals surface area (Å²) in [5.74, 6) is 0.179. The zero-order valence-electron chi connectivity index (χ0n) is 11.4. The van der Waals surface area contributed by atoms with Crippen molar-refractivity contribution in [3.63, 3.8) is 0 Å². The van der Waals surface area contributed by atoms with Crippen molar-refractivity contribution in [2.75, 3.05) is 13.1 Å². The van der Waals surface area contributed by atoms with Crippen LogP contribution in [-0.4, -0.2) is 43.4 Å². The molecule has 1 fully saturated rings. The normalized spacial score (nSPS) is 16.8. The van der Waals surface area contributed by atoms with Crippen LogP contribution in [0.1, 0.15) is 32.2 Å². The number of aromatic nitrogens is 4. The lowest BCUT2D eigenvalue weighted by Crippen LogP contribution is -2.40. The number of nitrogens with zero attached hydrogens (tertiary/aromatic N) is 4. The van der Waals surface area contributed by atoms with Crippen molar-refractivity contribution >= 4 is 17.1 Å². The molecule has 1 saturated heterocycles. The van der Waals surface area contributed by atoms with Crippen LogP contribution >= 0.6 is 0 Å². The Morgan fingerprint density at radius 3 is 2.90 bits per heavy atom. The van der Waals surface area contributed by atoms with Gasteiger partial charge in [-0.1, -0.05) is 6.92 Å². The minimum absolute atomic E-state index is 0.100. The van der Waals surface area contributed by atoms with E-state index in [2.05, 4.69) is 15.0 Å². The number of rotatable bonds is 2. The van der Waals surface area contributed by atoms with Crippen molar-refractivity contribution < 1.29 is 4.79 Å². The molecule has 0 aromatic carbocycles. The molecule has 7 heteroatoms. The number of likely N-dealkylation sites (tertiary alicyclic amines) is 1. The Labute approximate surface area is 115 Å². The Bertz CT molecular complexity index is 681. The van der Waals surface area contributed by atoms with E-state index >= 15 is 0 Å². The first-order valence-electron chi connectivity index (χ1n) is 6.88. The molecule has 3 heterocycles. The molecule has 1 aliphatic heterocycles. The molecule has 7 nitrogen and oxygen atoms in total. The number of amides is 1. The number of carbonyl (C=O) groups excluding carboxylic acids is 1. The molecule has 106 valence electrons. The molecule has 0 spiro atoms. The van der Waals surface area contributed by atoms with Gasteiger partial charge in [-0.15, -0.1) is 0 Å². The second kappa shape index (κ2) is 5.07. The minimum atomic E-state index is -0.152. The number of hydrogen-bond acceptors (Lipinski definition) is 4. The zero-order chi connectivity index (χ0) is 14.1. The first-order valence-corrected chi connectivity index (χ1v) is 6.88. The first kappa shape index (κ1) is 12.8. The van der Waals surface area contributed by atoms with Gasteiger partial charge < -0.3 is 4.90 Å². The molecule has 1 amide bonds. The summed E-state index contributed by atoms with van der Waals surface area (Å²) in [5.41, 5.74) is 1.15. The molecule has 1 N–H and O–H groups in total. The van der Waals surface area contributed by atoms with Gasteiger partial charge in [-0.3, -0.25) is 14.3 Å². The van der Waals surface area contributed by atoms with Crippen LogP contribution in [-0.2, 0) is 4.79 Å². The summed E-state index contributed by atoms with van der Waals surface area (Å²) in [4.78, 5) is 36.4. The standard InChI is InChI=1S/C13H17N5O2/c1-2-11(19)17-5-3-9(4-6-17)18-10-7-14-8-15-12(10)16-13(18)20/h7-9H,2-6H2,1H3,(H,14,15,16,20). The summed E-state index contributed by atoms with van der Waals surface area (Å²) in [5, 5.41) is 0. The third kappa shape index (κ3) is 2.09. The maximum Gasteiger partial charge on any atom is 0.327 e. The number of fused-ring (bicyclic) bond motifs is 1. The number of hydrogen-bond donors (Lipinski definition) is 1. The minimum Gasteiger partial charge on any atom is -0.343 e. The van der Waals surface area contributed by atoms with Crippen molar-refractivity contribution in [3.05, 3.63) is 23.0 Å². The van der Waals surface area contributed by atoms with Crippen LogP contribution in [0.3, 0.4) is 0 Å². The van der Waals surface area contributed by atoms with E-state index in [4.69, 9.17) is 0 Å². The van der Waals surface area contributed by atoms with E-state index in [9.17, 15) is 9.59 Å². The maximum absolute atomic E-state index is 12.1. The lowest BCUT2D eigenvalue weighted by molar-refractivity contribution is -0.132. The average Bonchev–Trinajstić information content (AvgIpc) is 2.82. The Morgan fingerprint density at radius 1 is 1.45 bits per heavy atom. The van der Waals surface area contributed by atoms with Gasteiger partial charge >= 0.3 is 5.69 Å². The Balaban J connectivity index is 1.85. The molecule has 0 saturated carbocycles. The van der Waals surface area contributed by atoms with Crippen LogP contribution in [0.25, 0.3) is 11.2 Å². The van der Waals surface area contributed by atoms with Gasteiger partial charge in [0.1, 0.15) is 11.8 Å². The van der Waals surface area contributed by atoms with Crippen molar-refractivity contribution in [2.45, 2.75) is 32.2 Å². The predicted molar refractivity (Wildman–Crippen MR) is 73.3 cm³/mol. The molecule has 20 heavy (non-hydrogen) atoms. The Kier molecular flexibility index (Phi) is 3.25. The van der Waals surface area contributed by atoms with Gasteiger partial charge in [0.25, 0.3) is 0 Å². The van der Waals surface area contributed by atoms with Crippen LogP contribution in [0.4, 0.5) is 0 Å². The highest BCUT2D eigenvalue weighted by atomic mass is 16.2. The number of H-pyrrole nitrogens is 1. The van der Waals surface area contributed by atoms with E-state index in [0.29, 0.717) is 25.2 Å². The smallest absolute Gasteiger partial charge is 0.327 e.